The first-order valence-corrected chi connectivity index (χ1v) is 8.56. The van der Waals surface area contributed by atoms with Crippen molar-refractivity contribution in [3.05, 3.63) is 30.1 Å². The molecule has 1 N–H and O–H groups in total. The van der Waals surface area contributed by atoms with Crippen LogP contribution in [0.4, 0.5) is 0 Å². The quantitative estimate of drug-likeness (QED) is 0.560. The summed E-state index contributed by atoms with van der Waals surface area (Å²) >= 11 is 0. The zero-order chi connectivity index (χ0) is 17.3. The molecule has 2 atom stereocenters. The van der Waals surface area contributed by atoms with Gasteiger partial charge in [0, 0.05) is 30.4 Å². The Bertz CT molecular complexity index is 619. The summed E-state index contributed by atoms with van der Waals surface area (Å²) in [5.41, 5.74) is 0.823. The molecule has 1 amide bonds. The summed E-state index contributed by atoms with van der Waals surface area (Å²) in [6, 6.07) is 3.12. The Morgan fingerprint density at radius 2 is 1.96 bits per heavy atom. The number of carbonyl (C=O) groups is 2. The van der Waals surface area contributed by atoms with Gasteiger partial charge < -0.3 is 15.2 Å². The van der Waals surface area contributed by atoms with Gasteiger partial charge in [0.05, 0.1) is 18.1 Å². The largest absolute Gasteiger partial charge is 1.00 e. The summed E-state index contributed by atoms with van der Waals surface area (Å²) in [5, 5.41) is 14.3. The van der Waals surface area contributed by atoms with E-state index in [-0.39, 0.29) is 53.0 Å². The zero-order valence-corrected chi connectivity index (χ0v) is 17.2. The molecule has 6 nitrogen and oxygen atoms in total. The average molecular weight is 353 g/mol. The maximum atomic E-state index is 12.7. The molecule has 0 spiro atoms. The number of carboxylic acids is 1. The van der Waals surface area contributed by atoms with Crippen LogP contribution in [-0.4, -0.2) is 46.4 Å². The van der Waals surface area contributed by atoms with Crippen LogP contribution in [0.5, 0.6) is 0 Å². The van der Waals surface area contributed by atoms with Crippen LogP contribution in [0.3, 0.4) is 0 Å². The maximum absolute atomic E-state index is 12.7. The van der Waals surface area contributed by atoms with Crippen molar-refractivity contribution in [2.75, 3.05) is 6.54 Å². The number of aromatic nitrogens is 1. The Balaban J connectivity index is 0.00000225. The normalized spacial score (nSPS) is 23.8. The molecule has 1 aliphatic heterocycles. The molecule has 2 fully saturated rings. The van der Waals surface area contributed by atoms with E-state index in [2.05, 4.69) is 24.1 Å². The number of pyridine rings is 1. The van der Waals surface area contributed by atoms with Crippen molar-refractivity contribution >= 4 is 11.9 Å². The summed E-state index contributed by atoms with van der Waals surface area (Å²) in [4.78, 5) is 30.0. The molecule has 2 heterocycles. The molecule has 0 radical (unpaired) electrons. The van der Waals surface area contributed by atoms with Gasteiger partial charge in [-0.05, 0) is 37.3 Å². The number of nitrogens with zero attached hydrogens (tertiary/aromatic N) is 2. The van der Waals surface area contributed by atoms with Gasteiger partial charge in [-0.3, -0.25) is 14.7 Å². The van der Waals surface area contributed by atoms with Crippen LogP contribution >= 0.6 is 0 Å². The molecular formula is C18H24N3NaO3. The van der Waals surface area contributed by atoms with Gasteiger partial charge in [0.1, 0.15) is 0 Å². The van der Waals surface area contributed by atoms with Crippen LogP contribution in [0, 0.1) is 0 Å². The average Bonchev–Trinajstić information content (AvgIpc) is 3.31. The number of hydrogen-bond donors (Lipinski definition) is 1. The molecule has 25 heavy (non-hydrogen) atoms. The first-order chi connectivity index (χ1) is 11.4. The van der Waals surface area contributed by atoms with Crippen LogP contribution in [0.15, 0.2) is 24.5 Å². The summed E-state index contributed by atoms with van der Waals surface area (Å²) in [7, 11) is 0. The number of hydrogen-bond acceptors (Lipinski definition) is 5. The van der Waals surface area contributed by atoms with Gasteiger partial charge in [-0.2, -0.15) is 0 Å². The molecular weight excluding hydrogens is 329 g/mol. The number of likely N-dealkylation sites (tertiary alicyclic amines) is 1. The smallest absolute Gasteiger partial charge is 0.548 e. The second kappa shape index (κ2) is 8.16. The van der Waals surface area contributed by atoms with Gasteiger partial charge in [-0.1, -0.05) is 19.9 Å². The molecule has 0 aromatic carbocycles. The minimum Gasteiger partial charge on any atom is -0.548 e. The molecule has 1 saturated carbocycles. The van der Waals surface area contributed by atoms with Crippen LogP contribution in [-0.2, 0) is 15.0 Å². The summed E-state index contributed by atoms with van der Waals surface area (Å²) in [6.07, 6.45) is 6.54. The molecule has 1 aliphatic carbocycles. The first-order valence-electron chi connectivity index (χ1n) is 8.56. The topological polar surface area (TPSA) is 85.4 Å². The Kier molecular flexibility index (Phi) is 6.65. The minimum atomic E-state index is -1.06. The van der Waals surface area contributed by atoms with Gasteiger partial charge >= 0.3 is 29.6 Å². The molecule has 1 aromatic heterocycles. The number of rotatable bonds is 6. The van der Waals surface area contributed by atoms with Crippen molar-refractivity contribution in [1.29, 1.82) is 0 Å². The Hall–Kier alpha value is -0.950. The van der Waals surface area contributed by atoms with Crippen molar-refractivity contribution in [2.24, 2.45) is 0 Å². The Morgan fingerprint density at radius 3 is 2.52 bits per heavy atom. The number of carbonyl (C=O) groups excluding carboxylic acids is 2. The first kappa shape index (κ1) is 20.4. The van der Waals surface area contributed by atoms with E-state index < -0.39 is 12.0 Å². The molecule has 7 heteroatoms. The van der Waals surface area contributed by atoms with Crippen molar-refractivity contribution in [2.45, 2.75) is 63.1 Å². The summed E-state index contributed by atoms with van der Waals surface area (Å²) < 4.78 is 0. The Morgan fingerprint density at radius 1 is 1.28 bits per heavy atom. The van der Waals surface area contributed by atoms with Gasteiger partial charge in [-0.25, -0.2) is 0 Å². The van der Waals surface area contributed by atoms with Gasteiger partial charge in [-0.15, -0.1) is 0 Å². The third-order valence-electron chi connectivity index (χ3n) is 5.12. The van der Waals surface area contributed by atoms with Crippen molar-refractivity contribution in [3.63, 3.8) is 0 Å². The summed E-state index contributed by atoms with van der Waals surface area (Å²) in [6.45, 7) is 4.60. The van der Waals surface area contributed by atoms with E-state index in [4.69, 9.17) is 0 Å². The third kappa shape index (κ3) is 4.61. The van der Waals surface area contributed by atoms with Crippen LogP contribution in [0.25, 0.3) is 0 Å². The van der Waals surface area contributed by atoms with Crippen LogP contribution in [0.2, 0.25) is 0 Å². The van der Waals surface area contributed by atoms with Gasteiger partial charge in [0.15, 0.2) is 0 Å². The molecule has 2 unspecified atom stereocenters. The molecule has 3 rings (SSSR count). The van der Waals surface area contributed by atoms with Gasteiger partial charge in [0.25, 0.3) is 0 Å². The second-order valence-corrected chi connectivity index (χ2v) is 7.45. The fourth-order valence-electron chi connectivity index (χ4n) is 3.51. The second-order valence-electron chi connectivity index (χ2n) is 7.45. The van der Waals surface area contributed by atoms with Gasteiger partial charge in [0.2, 0.25) is 5.91 Å². The fraction of sp³-hybridized carbons (Fsp3) is 0.611. The number of amides is 1. The monoisotopic (exact) mass is 353 g/mol. The zero-order valence-electron chi connectivity index (χ0n) is 15.2. The number of carboxylic acid groups (broad SMARTS) is 1. The predicted octanol–water partition coefficient (Wildman–Crippen LogP) is -2.78. The van der Waals surface area contributed by atoms with E-state index in [9.17, 15) is 14.7 Å². The van der Waals surface area contributed by atoms with Crippen molar-refractivity contribution < 1.29 is 44.3 Å². The fourth-order valence-corrected chi connectivity index (χ4v) is 3.51. The summed E-state index contributed by atoms with van der Waals surface area (Å²) in [5.74, 6) is -1.14. The number of aliphatic carboxylic acids is 1. The van der Waals surface area contributed by atoms with E-state index in [1.54, 1.807) is 6.20 Å². The molecule has 2 aliphatic rings. The predicted molar refractivity (Wildman–Crippen MR) is 87.0 cm³/mol. The molecule has 1 aromatic rings. The van der Waals surface area contributed by atoms with Crippen molar-refractivity contribution in [1.82, 2.24) is 15.2 Å². The van der Waals surface area contributed by atoms with Crippen LogP contribution in [0.1, 0.15) is 45.1 Å². The SMILES string of the molecule is CC(C)(CNC(=O)C1CCC(C(=O)[O-])N1C1CC1)c1cccnc1.[Na+]. The third-order valence-corrected chi connectivity index (χ3v) is 5.12. The van der Waals surface area contributed by atoms with Crippen molar-refractivity contribution in [3.8, 4) is 0 Å². The molecule has 0 bridgehead atoms. The molecule has 1 saturated heterocycles. The van der Waals surface area contributed by atoms with E-state index in [0.29, 0.717) is 19.4 Å². The minimum absolute atomic E-state index is 0. The standard InChI is InChI=1S/C18H25N3O3.Na/c1-18(2,12-4-3-9-19-10-12)11-20-16(22)14-7-8-15(17(23)24)21(14)13-5-6-13;/h3-4,9-10,13-15H,5-8,11H2,1-2H3,(H,20,22)(H,23,24);/q;+1/p-1. The Labute approximate surface area is 170 Å². The molecule has 130 valence electrons. The maximum Gasteiger partial charge on any atom is 1.00 e. The van der Waals surface area contributed by atoms with E-state index >= 15 is 0 Å². The van der Waals surface area contributed by atoms with E-state index in [0.717, 1.165) is 18.4 Å². The van der Waals surface area contributed by atoms with E-state index in [1.165, 1.54) is 0 Å². The van der Waals surface area contributed by atoms with E-state index in [1.807, 2.05) is 23.2 Å². The number of nitrogens with one attached hydrogen (secondary N) is 1. The van der Waals surface area contributed by atoms with Crippen LogP contribution < -0.4 is 40.0 Å².